The van der Waals surface area contributed by atoms with Crippen LogP contribution in [0.5, 0.6) is 5.75 Å². The van der Waals surface area contributed by atoms with Gasteiger partial charge in [-0.25, -0.2) is 0 Å². The highest BCUT2D eigenvalue weighted by atomic mass is 16.5. The molecule has 1 fully saturated rings. The molecule has 0 spiro atoms. The second-order valence-corrected chi connectivity index (χ2v) is 6.60. The summed E-state index contributed by atoms with van der Waals surface area (Å²) in [5.41, 5.74) is 2.44. The highest BCUT2D eigenvalue weighted by molar-refractivity contribution is 5.70. The minimum Gasteiger partial charge on any atom is -0.492 e. The van der Waals surface area contributed by atoms with E-state index in [2.05, 4.69) is 23.1 Å². The first-order chi connectivity index (χ1) is 12.2. The largest absolute Gasteiger partial charge is 0.492 e. The molecular formula is C21H25NO3. The number of benzene rings is 2. The zero-order valence-corrected chi connectivity index (χ0v) is 14.4. The van der Waals surface area contributed by atoms with Gasteiger partial charge in [-0.15, -0.1) is 0 Å². The Hall–Kier alpha value is -2.33. The molecule has 0 saturated carbocycles. The summed E-state index contributed by atoms with van der Waals surface area (Å²) < 4.78 is 6.02. The molecule has 1 N–H and O–H groups in total. The molecule has 0 radical (unpaired) electrons. The maximum absolute atomic E-state index is 11.2. The molecule has 2 aromatic carbocycles. The summed E-state index contributed by atoms with van der Waals surface area (Å²) in [5, 5.41) is 9.18. The number of aliphatic carboxylic acids is 1. The van der Waals surface area contributed by atoms with Crippen LogP contribution in [0.25, 0.3) is 0 Å². The average Bonchev–Trinajstić information content (AvgIpc) is 2.64. The first kappa shape index (κ1) is 17.5. The van der Waals surface area contributed by atoms with Crippen LogP contribution < -0.4 is 4.74 Å². The van der Waals surface area contributed by atoms with E-state index < -0.39 is 5.97 Å². The van der Waals surface area contributed by atoms with E-state index in [4.69, 9.17) is 4.74 Å². The SMILES string of the molecule is O=C(O)C1CCCN(CCOc2ccccc2Cc2ccccc2)C1. The Morgan fingerprint density at radius 3 is 2.68 bits per heavy atom. The molecule has 1 heterocycles. The topological polar surface area (TPSA) is 49.8 Å². The van der Waals surface area contributed by atoms with Gasteiger partial charge in [0, 0.05) is 19.5 Å². The molecule has 1 atom stereocenters. The second kappa shape index (κ2) is 8.67. The fourth-order valence-corrected chi connectivity index (χ4v) is 3.35. The van der Waals surface area contributed by atoms with Gasteiger partial charge in [0.25, 0.3) is 0 Å². The maximum atomic E-state index is 11.2. The number of piperidine rings is 1. The van der Waals surface area contributed by atoms with Gasteiger partial charge < -0.3 is 9.84 Å². The molecular weight excluding hydrogens is 314 g/mol. The van der Waals surface area contributed by atoms with Crippen molar-refractivity contribution in [3.8, 4) is 5.75 Å². The van der Waals surface area contributed by atoms with Crippen molar-refractivity contribution in [2.24, 2.45) is 5.92 Å². The Labute approximate surface area is 149 Å². The third-order valence-electron chi connectivity index (χ3n) is 4.73. The molecule has 1 unspecified atom stereocenters. The first-order valence-corrected chi connectivity index (χ1v) is 8.92. The van der Waals surface area contributed by atoms with E-state index in [-0.39, 0.29) is 5.92 Å². The quantitative estimate of drug-likeness (QED) is 0.839. The summed E-state index contributed by atoms with van der Waals surface area (Å²) in [5.74, 6) is -0.00362. The number of rotatable bonds is 7. The fraction of sp³-hybridized carbons (Fsp3) is 0.381. The standard InChI is InChI=1S/C21H25NO3/c23-21(24)19-10-6-12-22(16-19)13-14-25-20-11-5-4-9-18(20)15-17-7-2-1-3-8-17/h1-5,7-9,11,19H,6,10,12-16H2,(H,23,24). The number of carboxylic acid groups (broad SMARTS) is 1. The van der Waals surface area contributed by atoms with E-state index in [0.717, 1.165) is 38.1 Å². The van der Waals surface area contributed by atoms with Crippen molar-refractivity contribution in [2.75, 3.05) is 26.2 Å². The molecule has 2 aromatic rings. The lowest BCUT2D eigenvalue weighted by molar-refractivity contribution is -0.143. The highest BCUT2D eigenvalue weighted by Gasteiger charge is 2.24. The van der Waals surface area contributed by atoms with Crippen molar-refractivity contribution in [2.45, 2.75) is 19.3 Å². The lowest BCUT2D eigenvalue weighted by Gasteiger charge is -2.30. The Kier molecular flexibility index (Phi) is 6.07. The average molecular weight is 339 g/mol. The number of para-hydroxylation sites is 1. The molecule has 4 nitrogen and oxygen atoms in total. The minimum absolute atomic E-state index is 0.237. The number of hydrogen-bond acceptors (Lipinski definition) is 3. The summed E-state index contributed by atoms with van der Waals surface area (Å²) in [6.45, 7) is 2.94. The zero-order chi connectivity index (χ0) is 17.5. The molecule has 3 rings (SSSR count). The van der Waals surface area contributed by atoms with Crippen molar-refractivity contribution in [1.29, 1.82) is 0 Å². The van der Waals surface area contributed by atoms with Crippen LogP contribution in [0.15, 0.2) is 54.6 Å². The van der Waals surface area contributed by atoms with Gasteiger partial charge in [-0.3, -0.25) is 9.69 Å². The number of carboxylic acids is 1. The maximum Gasteiger partial charge on any atom is 0.307 e. The summed E-state index contributed by atoms with van der Waals surface area (Å²) in [7, 11) is 0. The molecule has 1 aliphatic rings. The van der Waals surface area contributed by atoms with Crippen molar-refractivity contribution >= 4 is 5.97 Å². The van der Waals surface area contributed by atoms with Crippen LogP contribution in [0.3, 0.4) is 0 Å². The number of ether oxygens (including phenoxy) is 1. The van der Waals surface area contributed by atoms with E-state index in [1.54, 1.807) is 0 Å². The monoisotopic (exact) mass is 339 g/mol. The van der Waals surface area contributed by atoms with Gasteiger partial charge in [0.1, 0.15) is 12.4 Å². The van der Waals surface area contributed by atoms with E-state index in [1.807, 2.05) is 36.4 Å². The Morgan fingerprint density at radius 1 is 1.12 bits per heavy atom. The molecule has 0 bridgehead atoms. The molecule has 25 heavy (non-hydrogen) atoms. The molecule has 0 aromatic heterocycles. The van der Waals surface area contributed by atoms with Gasteiger partial charge in [-0.1, -0.05) is 48.5 Å². The van der Waals surface area contributed by atoms with E-state index in [1.165, 1.54) is 11.1 Å². The Morgan fingerprint density at radius 2 is 1.88 bits per heavy atom. The van der Waals surface area contributed by atoms with Crippen LogP contribution in [0, 0.1) is 5.92 Å². The third kappa shape index (κ3) is 5.07. The summed E-state index contributed by atoms with van der Waals surface area (Å²) in [4.78, 5) is 13.4. The van der Waals surface area contributed by atoms with Crippen LogP contribution in [-0.2, 0) is 11.2 Å². The van der Waals surface area contributed by atoms with Gasteiger partial charge in [0.05, 0.1) is 5.92 Å². The molecule has 0 aliphatic carbocycles. The summed E-state index contributed by atoms with van der Waals surface area (Å²) >= 11 is 0. The predicted octanol–water partition coefficient (Wildman–Crippen LogP) is 3.45. The first-order valence-electron chi connectivity index (χ1n) is 8.92. The summed E-state index contributed by atoms with van der Waals surface area (Å²) in [6, 6.07) is 18.5. The van der Waals surface area contributed by atoms with Gasteiger partial charge in [-0.05, 0) is 36.6 Å². The number of likely N-dealkylation sites (tertiary alicyclic amines) is 1. The van der Waals surface area contributed by atoms with E-state index in [9.17, 15) is 9.90 Å². The molecule has 1 saturated heterocycles. The van der Waals surface area contributed by atoms with Crippen molar-refractivity contribution in [1.82, 2.24) is 4.90 Å². The lowest BCUT2D eigenvalue weighted by atomic mass is 9.98. The van der Waals surface area contributed by atoms with Gasteiger partial charge in [-0.2, -0.15) is 0 Å². The van der Waals surface area contributed by atoms with Crippen LogP contribution >= 0.6 is 0 Å². The predicted molar refractivity (Wildman–Crippen MR) is 98.0 cm³/mol. The number of hydrogen-bond donors (Lipinski definition) is 1. The third-order valence-corrected chi connectivity index (χ3v) is 4.73. The molecule has 4 heteroatoms. The Balaban J connectivity index is 1.54. The van der Waals surface area contributed by atoms with Crippen LogP contribution in [-0.4, -0.2) is 42.2 Å². The molecule has 1 aliphatic heterocycles. The van der Waals surface area contributed by atoms with E-state index >= 15 is 0 Å². The minimum atomic E-state index is -0.682. The van der Waals surface area contributed by atoms with Crippen LogP contribution in [0.1, 0.15) is 24.0 Å². The molecule has 132 valence electrons. The van der Waals surface area contributed by atoms with Crippen molar-refractivity contribution < 1.29 is 14.6 Å². The van der Waals surface area contributed by atoms with Crippen LogP contribution in [0.4, 0.5) is 0 Å². The highest BCUT2D eigenvalue weighted by Crippen LogP contribution is 2.22. The fourth-order valence-electron chi connectivity index (χ4n) is 3.35. The normalized spacial score (nSPS) is 18.0. The summed E-state index contributed by atoms with van der Waals surface area (Å²) in [6.07, 6.45) is 2.58. The van der Waals surface area contributed by atoms with Gasteiger partial charge >= 0.3 is 5.97 Å². The lowest BCUT2D eigenvalue weighted by Crippen LogP contribution is -2.40. The Bertz CT molecular complexity index is 687. The van der Waals surface area contributed by atoms with Gasteiger partial charge in [0.15, 0.2) is 0 Å². The zero-order valence-electron chi connectivity index (χ0n) is 14.4. The number of nitrogens with zero attached hydrogens (tertiary/aromatic N) is 1. The van der Waals surface area contributed by atoms with Crippen molar-refractivity contribution in [3.63, 3.8) is 0 Å². The smallest absolute Gasteiger partial charge is 0.307 e. The second-order valence-electron chi connectivity index (χ2n) is 6.60. The van der Waals surface area contributed by atoms with E-state index in [0.29, 0.717) is 13.2 Å². The van der Waals surface area contributed by atoms with Gasteiger partial charge in [0.2, 0.25) is 0 Å². The number of carbonyl (C=O) groups is 1. The van der Waals surface area contributed by atoms with Crippen molar-refractivity contribution in [3.05, 3.63) is 65.7 Å². The van der Waals surface area contributed by atoms with Crippen LogP contribution in [0.2, 0.25) is 0 Å². The molecule has 0 amide bonds.